The van der Waals surface area contributed by atoms with E-state index in [1.807, 2.05) is 0 Å². The largest absolute Gasteiger partial charge is 0.446 e. The van der Waals surface area contributed by atoms with Crippen molar-refractivity contribution in [1.29, 1.82) is 0 Å². The SMILES string of the molecule is O=C(CC1CC1)c1ccc(Br)o1. The zero-order valence-corrected chi connectivity index (χ0v) is 8.13. The predicted octanol–water partition coefficient (Wildman–Crippen LogP) is 3.02. The van der Waals surface area contributed by atoms with Gasteiger partial charge < -0.3 is 4.42 Å². The summed E-state index contributed by atoms with van der Waals surface area (Å²) in [5.41, 5.74) is 0. The molecule has 1 aliphatic carbocycles. The van der Waals surface area contributed by atoms with Gasteiger partial charge in [-0.1, -0.05) is 0 Å². The van der Waals surface area contributed by atoms with Gasteiger partial charge in [0.25, 0.3) is 0 Å². The first-order chi connectivity index (χ1) is 5.75. The van der Waals surface area contributed by atoms with Crippen molar-refractivity contribution in [3.8, 4) is 0 Å². The number of hydrogen-bond acceptors (Lipinski definition) is 2. The normalized spacial score (nSPS) is 16.4. The van der Waals surface area contributed by atoms with E-state index in [9.17, 15) is 4.79 Å². The molecule has 64 valence electrons. The molecule has 0 unspecified atom stereocenters. The van der Waals surface area contributed by atoms with Crippen LogP contribution in [-0.2, 0) is 0 Å². The van der Waals surface area contributed by atoms with Gasteiger partial charge >= 0.3 is 0 Å². The van der Waals surface area contributed by atoms with E-state index < -0.39 is 0 Å². The van der Waals surface area contributed by atoms with Gasteiger partial charge in [0.2, 0.25) is 0 Å². The highest BCUT2D eigenvalue weighted by Gasteiger charge is 2.26. The third-order valence-electron chi connectivity index (χ3n) is 2.02. The van der Waals surface area contributed by atoms with Crippen molar-refractivity contribution in [2.24, 2.45) is 5.92 Å². The van der Waals surface area contributed by atoms with Crippen molar-refractivity contribution in [1.82, 2.24) is 0 Å². The monoisotopic (exact) mass is 228 g/mol. The summed E-state index contributed by atoms with van der Waals surface area (Å²) in [6.07, 6.45) is 3.06. The molecule has 0 aromatic carbocycles. The van der Waals surface area contributed by atoms with Gasteiger partial charge in [0, 0.05) is 6.42 Å². The molecular formula is C9H9BrO2. The first kappa shape index (κ1) is 8.05. The number of ketones is 1. The lowest BCUT2D eigenvalue weighted by Crippen LogP contribution is -1.97. The summed E-state index contributed by atoms with van der Waals surface area (Å²) in [6.45, 7) is 0. The molecule has 3 heteroatoms. The minimum Gasteiger partial charge on any atom is -0.446 e. The van der Waals surface area contributed by atoms with E-state index in [-0.39, 0.29) is 5.78 Å². The summed E-state index contributed by atoms with van der Waals surface area (Å²) in [4.78, 5) is 11.4. The minimum atomic E-state index is 0.128. The van der Waals surface area contributed by atoms with Crippen LogP contribution < -0.4 is 0 Å². The fourth-order valence-electron chi connectivity index (χ4n) is 1.15. The third kappa shape index (κ3) is 1.78. The third-order valence-corrected chi connectivity index (χ3v) is 2.45. The van der Waals surface area contributed by atoms with Crippen LogP contribution in [0, 0.1) is 5.92 Å². The summed E-state index contributed by atoms with van der Waals surface area (Å²) < 4.78 is 5.77. The molecule has 1 aliphatic rings. The second-order valence-electron chi connectivity index (χ2n) is 3.17. The van der Waals surface area contributed by atoms with Crippen molar-refractivity contribution < 1.29 is 9.21 Å². The molecule has 0 bridgehead atoms. The first-order valence-electron chi connectivity index (χ1n) is 4.04. The molecular weight excluding hydrogens is 220 g/mol. The highest BCUT2D eigenvalue weighted by Crippen LogP contribution is 2.33. The molecule has 0 atom stereocenters. The molecule has 1 saturated carbocycles. The molecule has 1 aromatic rings. The van der Waals surface area contributed by atoms with E-state index in [1.165, 1.54) is 12.8 Å². The average Bonchev–Trinajstić information content (AvgIpc) is 2.72. The maximum atomic E-state index is 11.4. The van der Waals surface area contributed by atoms with Crippen LogP contribution in [-0.4, -0.2) is 5.78 Å². The van der Waals surface area contributed by atoms with E-state index in [4.69, 9.17) is 4.42 Å². The lowest BCUT2D eigenvalue weighted by molar-refractivity contribution is 0.0948. The Morgan fingerprint density at radius 1 is 1.58 bits per heavy atom. The van der Waals surface area contributed by atoms with Gasteiger partial charge in [-0.25, -0.2) is 0 Å². The minimum absolute atomic E-state index is 0.128. The van der Waals surface area contributed by atoms with Crippen LogP contribution in [0.1, 0.15) is 29.8 Å². The number of halogens is 1. The number of rotatable bonds is 3. The molecule has 1 fully saturated rings. The van der Waals surface area contributed by atoms with Gasteiger partial charge in [-0.15, -0.1) is 0 Å². The van der Waals surface area contributed by atoms with Gasteiger partial charge in [-0.3, -0.25) is 4.79 Å². The summed E-state index contributed by atoms with van der Waals surface area (Å²) in [7, 11) is 0. The van der Waals surface area contributed by atoms with Crippen LogP contribution in [0.15, 0.2) is 21.2 Å². The topological polar surface area (TPSA) is 30.2 Å². The van der Waals surface area contributed by atoms with Crippen LogP contribution in [0.2, 0.25) is 0 Å². The molecule has 2 nitrogen and oxygen atoms in total. The number of hydrogen-bond donors (Lipinski definition) is 0. The highest BCUT2D eigenvalue weighted by molar-refractivity contribution is 9.10. The van der Waals surface area contributed by atoms with Crippen molar-refractivity contribution in [2.75, 3.05) is 0 Å². The first-order valence-corrected chi connectivity index (χ1v) is 4.83. The Kier molecular flexibility index (Phi) is 2.05. The van der Waals surface area contributed by atoms with Crippen LogP contribution in [0.3, 0.4) is 0 Å². The van der Waals surface area contributed by atoms with Gasteiger partial charge in [-0.05, 0) is 46.8 Å². The summed E-state index contributed by atoms with van der Waals surface area (Å²) in [5.74, 6) is 1.23. The smallest absolute Gasteiger partial charge is 0.198 e. The number of Topliss-reactive ketones (excluding diaryl/α,β-unsaturated/α-hetero) is 1. The zero-order chi connectivity index (χ0) is 8.55. The molecule has 2 rings (SSSR count). The molecule has 0 spiro atoms. The van der Waals surface area contributed by atoms with Crippen molar-refractivity contribution in [2.45, 2.75) is 19.3 Å². The second kappa shape index (κ2) is 3.05. The van der Waals surface area contributed by atoms with Gasteiger partial charge in [0.15, 0.2) is 16.2 Å². The van der Waals surface area contributed by atoms with E-state index in [0.29, 0.717) is 22.8 Å². The summed E-state index contributed by atoms with van der Waals surface area (Å²) >= 11 is 3.16. The maximum Gasteiger partial charge on any atom is 0.198 e. The van der Waals surface area contributed by atoms with Crippen LogP contribution in [0.25, 0.3) is 0 Å². The number of carbonyl (C=O) groups is 1. The van der Waals surface area contributed by atoms with E-state index in [1.54, 1.807) is 12.1 Å². The molecule has 1 heterocycles. The standard InChI is InChI=1S/C9H9BrO2/c10-9-4-3-8(12-9)7(11)5-6-1-2-6/h3-4,6H,1-2,5H2. The van der Waals surface area contributed by atoms with Crippen molar-refractivity contribution in [3.63, 3.8) is 0 Å². The highest BCUT2D eigenvalue weighted by atomic mass is 79.9. The van der Waals surface area contributed by atoms with E-state index >= 15 is 0 Å². The molecule has 1 aromatic heterocycles. The van der Waals surface area contributed by atoms with Crippen molar-refractivity contribution >= 4 is 21.7 Å². The Morgan fingerprint density at radius 3 is 2.83 bits per heavy atom. The molecule has 0 amide bonds. The lowest BCUT2D eigenvalue weighted by atomic mass is 10.2. The second-order valence-corrected chi connectivity index (χ2v) is 3.96. The Bertz CT molecular complexity index is 299. The van der Waals surface area contributed by atoms with Crippen LogP contribution in [0.4, 0.5) is 0 Å². The quantitative estimate of drug-likeness (QED) is 0.745. The zero-order valence-electron chi connectivity index (χ0n) is 6.55. The maximum absolute atomic E-state index is 11.4. The summed E-state index contributed by atoms with van der Waals surface area (Å²) in [5, 5.41) is 0. The Morgan fingerprint density at radius 2 is 2.33 bits per heavy atom. The van der Waals surface area contributed by atoms with Crippen LogP contribution >= 0.6 is 15.9 Å². The van der Waals surface area contributed by atoms with Crippen LogP contribution in [0.5, 0.6) is 0 Å². The molecule has 0 N–H and O–H groups in total. The predicted molar refractivity (Wildman–Crippen MR) is 48.1 cm³/mol. The molecule has 12 heavy (non-hydrogen) atoms. The average molecular weight is 229 g/mol. The van der Waals surface area contributed by atoms with Crippen molar-refractivity contribution in [3.05, 3.63) is 22.6 Å². The van der Waals surface area contributed by atoms with E-state index in [0.717, 1.165) is 0 Å². The summed E-state index contributed by atoms with van der Waals surface area (Å²) in [6, 6.07) is 3.47. The number of furan rings is 1. The van der Waals surface area contributed by atoms with Gasteiger partial charge in [0.1, 0.15) is 0 Å². The molecule has 0 saturated heterocycles. The Hall–Kier alpha value is -0.570. The number of carbonyl (C=O) groups excluding carboxylic acids is 1. The fourth-order valence-corrected chi connectivity index (χ4v) is 1.46. The molecule has 0 radical (unpaired) electrons. The van der Waals surface area contributed by atoms with Gasteiger partial charge in [0.05, 0.1) is 0 Å². The molecule has 0 aliphatic heterocycles. The Labute approximate surface area is 79.1 Å². The lowest BCUT2D eigenvalue weighted by Gasteiger charge is -1.92. The Balaban J connectivity index is 2.03. The van der Waals surface area contributed by atoms with E-state index in [2.05, 4.69) is 15.9 Å². The fraction of sp³-hybridized carbons (Fsp3) is 0.444. The van der Waals surface area contributed by atoms with Gasteiger partial charge in [-0.2, -0.15) is 0 Å².